The number of anilines is 2. The number of nitrogens with zero attached hydrogens (tertiary/aromatic N) is 4. The normalized spacial score (nSPS) is 19.7. The van der Waals surface area contributed by atoms with Gasteiger partial charge in [0.1, 0.15) is 12.1 Å². The third-order valence-electron chi connectivity index (χ3n) is 7.27. The zero-order valence-electron chi connectivity index (χ0n) is 21.7. The summed E-state index contributed by atoms with van der Waals surface area (Å²) in [5, 5.41) is 15.7. The molecule has 12 heteroatoms. The monoisotopic (exact) mass is 572 g/mol. The fourth-order valence-corrected chi connectivity index (χ4v) is 5.61. The van der Waals surface area contributed by atoms with Gasteiger partial charge in [0.25, 0.3) is 0 Å². The van der Waals surface area contributed by atoms with E-state index in [2.05, 4.69) is 31.0 Å². The minimum atomic E-state index is -0.242. The molecule has 39 heavy (non-hydrogen) atoms. The Bertz CT molecular complexity index is 1260. The molecule has 2 fully saturated rings. The Kier molecular flexibility index (Phi) is 9.18. The second kappa shape index (κ2) is 13.0. The minimum Gasteiger partial charge on any atom is -0.461 e. The van der Waals surface area contributed by atoms with E-state index in [1.165, 1.54) is 0 Å². The molecule has 1 saturated carbocycles. The van der Waals surface area contributed by atoms with Crippen molar-refractivity contribution in [1.82, 2.24) is 30.4 Å². The maximum Gasteiger partial charge on any atom is 0.323 e. The maximum atomic E-state index is 12.6. The second-order valence-electron chi connectivity index (χ2n) is 10.1. The van der Waals surface area contributed by atoms with Gasteiger partial charge in [-0.2, -0.15) is 5.10 Å². The van der Waals surface area contributed by atoms with Gasteiger partial charge in [-0.15, -0.1) is 0 Å². The number of aromatic nitrogens is 4. The van der Waals surface area contributed by atoms with Gasteiger partial charge in [0.15, 0.2) is 11.6 Å². The Morgan fingerprint density at radius 1 is 1.18 bits per heavy atom. The van der Waals surface area contributed by atoms with E-state index in [0.717, 1.165) is 62.7 Å². The number of hydrogen-bond donors (Lipinski definition) is 4. The highest BCUT2D eigenvalue weighted by atomic mass is 35.5. The number of piperidine rings is 1. The van der Waals surface area contributed by atoms with Crippen LogP contribution in [-0.2, 0) is 22.6 Å². The van der Waals surface area contributed by atoms with Gasteiger partial charge < -0.3 is 26.4 Å². The summed E-state index contributed by atoms with van der Waals surface area (Å²) in [6, 6.07) is 5.38. The van der Waals surface area contributed by atoms with Crippen molar-refractivity contribution in [2.75, 3.05) is 24.1 Å². The first-order valence-corrected chi connectivity index (χ1v) is 14.2. The lowest BCUT2D eigenvalue weighted by Gasteiger charge is -2.30. The van der Waals surface area contributed by atoms with Gasteiger partial charge in [0.2, 0.25) is 0 Å². The predicted octanol–water partition coefficient (Wildman–Crippen LogP) is 4.04. The summed E-state index contributed by atoms with van der Waals surface area (Å²) in [6.07, 6.45) is 11.4. The summed E-state index contributed by atoms with van der Waals surface area (Å²) in [5.41, 5.74) is 8.30. The molecule has 10 nitrogen and oxygen atoms in total. The molecule has 5 N–H and O–H groups in total. The quantitative estimate of drug-likeness (QED) is 0.266. The standard InChI is InChI=1S/C27H34Cl2N8O2/c28-21-6-3-7-22(29)20(21)14-34-26-25(30)33-15-24(36-26)17-13-35-37(16-17)11-10-31-18-8-9-32-23(12-18)27(38)39-19-4-1-2-5-19/h3,6-7,13,15-16,18-19,23,31-32H,1-2,4-5,8-12,14H2,(H2,30,33)(H,34,36)/t18?,23-/m0/s1. The van der Waals surface area contributed by atoms with E-state index in [0.29, 0.717) is 34.6 Å². The van der Waals surface area contributed by atoms with Gasteiger partial charge in [-0.25, -0.2) is 9.97 Å². The zero-order valence-corrected chi connectivity index (χ0v) is 23.2. The van der Waals surface area contributed by atoms with Crippen LogP contribution in [0.5, 0.6) is 0 Å². The Balaban J connectivity index is 1.12. The molecule has 1 saturated heterocycles. The highest BCUT2D eigenvalue weighted by molar-refractivity contribution is 6.36. The summed E-state index contributed by atoms with van der Waals surface area (Å²) in [5.74, 6) is 0.620. The van der Waals surface area contributed by atoms with Crippen LogP contribution >= 0.6 is 23.2 Å². The van der Waals surface area contributed by atoms with Crippen LogP contribution in [0.1, 0.15) is 44.1 Å². The van der Waals surface area contributed by atoms with Crippen LogP contribution < -0.4 is 21.7 Å². The SMILES string of the molecule is Nc1ncc(-c2cnn(CCNC3CCN[C@H](C(=O)OC4CCCC4)C3)c2)nc1NCc1c(Cl)cccc1Cl. The van der Waals surface area contributed by atoms with Crippen LogP contribution in [0.4, 0.5) is 11.6 Å². The number of carbonyl (C=O) groups excluding carboxylic acids is 1. The molecule has 3 aromatic rings. The molecule has 1 aromatic carbocycles. The number of carbonyl (C=O) groups is 1. The van der Waals surface area contributed by atoms with E-state index in [9.17, 15) is 4.79 Å². The van der Waals surface area contributed by atoms with Crippen LogP contribution in [0.3, 0.4) is 0 Å². The molecule has 2 aromatic heterocycles. The third-order valence-corrected chi connectivity index (χ3v) is 7.98. The first-order valence-electron chi connectivity index (χ1n) is 13.5. The van der Waals surface area contributed by atoms with Crippen molar-refractivity contribution < 1.29 is 9.53 Å². The van der Waals surface area contributed by atoms with Gasteiger partial charge in [0.05, 0.1) is 24.6 Å². The van der Waals surface area contributed by atoms with Crippen molar-refractivity contribution in [3.05, 3.63) is 52.4 Å². The van der Waals surface area contributed by atoms with Crippen LogP contribution in [0.15, 0.2) is 36.8 Å². The minimum absolute atomic E-state index is 0.0973. The molecule has 1 unspecified atom stereocenters. The first kappa shape index (κ1) is 27.6. The lowest BCUT2D eigenvalue weighted by molar-refractivity contribution is -0.152. The van der Waals surface area contributed by atoms with Crippen molar-refractivity contribution in [1.29, 1.82) is 0 Å². The summed E-state index contributed by atoms with van der Waals surface area (Å²) >= 11 is 12.6. The highest BCUT2D eigenvalue weighted by Gasteiger charge is 2.30. The molecule has 3 heterocycles. The molecular weight excluding hydrogens is 539 g/mol. The van der Waals surface area contributed by atoms with Crippen LogP contribution in [0.2, 0.25) is 10.0 Å². The van der Waals surface area contributed by atoms with Gasteiger partial charge in [-0.1, -0.05) is 29.3 Å². The van der Waals surface area contributed by atoms with Crippen molar-refractivity contribution in [3.63, 3.8) is 0 Å². The van der Waals surface area contributed by atoms with E-state index in [1.54, 1.807) is 30.6 Å². The summed E-state index contributed by atoms with van der Waals surface area (Å²) in [7, 11) is 0. The van der Waals surface area contributed by atoms with E-state index < -0.39 is 0 Å². The van der Waals surface area contributed by atoms with Crippen LogP contribution in [0, 0.1) is 0 Å². The average molecular weight is 574 g/mol. The number of benzene rings is 1. The number of esters is 1. The molecule has 0 radical (unpaired) electrons. The smallest absolute Gasteiger partial charge is 0.323 e. The molecule has 5 rings (SSSR count). The second-order valence-corrected chi connectivity index (χ2v) is 10.9. The maximum absolute atomic E-state index is 12.6. The Labute approximate surface area is 238 Å². The van der Waals surface area contributed by atoms with Crippen molar-refractivity contribution >= 4 is 40.8 Å². The van der Waals surface area contributed by atoms with E-state index in [4.69, 9.17) is 33.7 Å². The topological polar surface area (TPSA) is 132 Å². The van der Waals surface area contributed by atoms with Crippen molar-refractivity contribution in [2.24, 2.45) is 0 Å². The van der Waals surface area contributed by atoms with E-state index in [-0.39, 0.29) is 30.0 Å². The molecule has 0 amide bonds. The lowest BCUT2D eigenvalue weighted by atomic mass is 9.99. The van der Waals surface area contributed by atoms with E-state index in [1.807, 2.05) is 10.9 Å². The van der Waals surface area contributed by atoms with Crippen LogP contribution in [0.25, 0.3) is 11.3 Å². The number of halogens is 2. The number of nitrogens with two attached hydrogens (primary N) is 1. The zero-order chi connectivity index (χ0) is 27.2. The lowest BCUT2D eigenvalue weighted by Crippen LogP contribution is -2.51. The number of rotatable bonds is 10. The largest absolute Gasteiger partial charge is 0.461 e. The first-order chi connectivity index (χ1) is 19.0. The Hall–Kier alpha value is -2.92. The number of nitrogens with one attached hydrogen (secondary N) is 3. The van der Waals surface area contributed by atoms with Gasteiger partial charge in [-0.05, 0) is 57.2 Å². The van der Waals surface area contributed by atoms with Gasteiger partial charge in [-0.3, -0.25) is 9.48 Å². The Morgan fingerprint density at radius 3 is 2.77 bits per heavy atom. The number of hydrogen-bond acceptors (Lipinski definition) is 9. The van der Waals surface area contributed by atoms with E-state index >= 15 is 0 Å². The Morgan fingerprint density at radius 2 is 1.97 bits per heavy atom. The molecular formula is C27H34Cl2N8O2. The summed E-state index contributed by atoms with van der Waals surface area (Å²) in [6.45, 7) is 2.57. The molecule has 2 atom stereocenters. The number of nitrogen functional groups attached to an aromatic ring is 1. The van der Waals surface area contributed by atoms with Gasteiger partial charge >= 0.3 is 5.97 Å². The molecule has 0 bridgehead atoms. The molecule has 1 aliphatic carbocycles. The number of ether oxygens (including phenoxy) is 1. The third kappa shape index (κ3) is 7.19. The molecule has 0 spiro atoms. The molecule has 2 aliphatic rings. The summed E-state index contributed by atoms with van der Waals surface area (Å²) in [4.78, 5) is 21.5. The summed E-state index contributed by atoms with van der Waals surface area (Å²) < 4.78 is 7.57. The predicted molar refractivity (Wildman–Crippen MR) is 153 cm³/mol. The fourth-order valence-electron chi connectivity index (χ4n) is 5.08. The fraction of sp³-hybridized carbons (Fsp3) is 0.481. The van der Waals surface area contributed by atoms with Crippen molar-refractivity contribution in [2.45, 2.75) is 69.8 Å². The van der Waals surface area contributed by atoms with Gasteiger partial charge in [0, 0.05) is 46.5 Å². The molecule has 1 aliphatic heterocycles. The van der Waals surface area contributed by atoms with Crippen LogP contribution in [-0.4, -0.2) is 57.0 Å². The molecule has 208 valence electrons. The van der Waals surface area contributed by atoms with Crippen molar-refractivity contribution in [3.8, 4) is 11.3 Å². The average Bonchev–Trinajstić information content (AvgIpc) is 3.62. The highest BCUT2D eigenvalue weighted by Crippen LogP contribution is 2.27.